The van der Waals surface area contributed by atoms with E-state index in [1.165, 1.54) is 0 Å². The lowest BCUT2D eigenvalue weighted by molar-refractivity contribution is -0.0716. The monoisotopic (exact) mass is 482 g/mol. The van der Waals surface area contributed by atoms with Crippen molar-refractivity contribution in [3.8, 4) is 6.01 Å². The highest BCUT2D eigenvalue weighted by Gasteiger charge is 2.37. The summed E-state index contributed by atoms with van der Waals surface area (Å²) in [6.45, 7) is 1.94. The van der Waals surface area contributed by atoms with Gasteiger partial charge in [-0.15, -0.1) is 0 Å². The molecular weight excluding hydrogens is 452 g/mol. The van der Waals surface area contributed by atoms with Crippen molar-refractivity contribution in [1.29, 1.82) is 0 Å². The zero-order chi connectivity index (χ0) is 24.4. The average Bonchev–Trinajstić information content (AvgIpc) is 3.35. The third-order valence-electron chi connectivity index (χ3n) is 6.13. The van der Waals surface area contributed by atoms with Gasteiger partial charge in [0, 0.05) is 24.4 Å². The standard InChI is InChI=1S/C30H30N2O4/c1-4-10-23(11-5-1)19-33-22-29-28(34-20-24-12-6-2-7-13-24)16-27(36-29)26-17-31-30(32-18-26)35-21-25-14-8-3-9-15-25/h1-15,17-18,27-29H,16,19-22H2/t27-,28-,29-/m1/s1. The van der Waals surface area contributed by atoms with E-state index in [1.54, 1.807) is 12.4 Å². The van der Waals surface area contributed by atoms with Gasteiger partial charge < -0.3 is 18.9 Å². The normalized spacial score (nSPS) is 19.3. The molecule has 6 nitrogen and oxygen atoms in total. The van der Waals surface area contributed by atoms with Crippen molar-refractivity contribution in [2.24, 2.45) is 0 Å². The Morgan fingerprint density at radius 3 is 1.86 bits per heavy atom. The summed E-state index contributed by atoms with van der Waals surface area (Å²) < 4.78 is 24.4. The van der Waals surface area contributed by atoms with Crippen molar-refractivity contribution in [3.63, 3.8) is 0 Å². The molecule has 0 unspecified atom stereocenters. The molecule has 1 aliphatic rings. The molecule has 5 rings (SSSR count). The number of benzene rings is 3. The Labute approximate surface area is 211 Å². The van der Waals surface area contributed by atoms with Crippen LogP contribution in [-0.4, -0.2) is 28.8 Å². The van der Waals surface area contributed by atoms with E-state index in [9.17, 15) is 0 Å². The van der Waals surface area contributed by atoms with Crippen molar-refractivity contribution < 1.29 is 18.9 Å². The molecule has 1 saturated heterocycles. The number of aromatic nitrogens is 2. The number of ether oxygens (including phenoxy) is 4. The molecule has 3 aromatic carbocycles. The first-order valence-corrected chi connectivity index (χ1v) is 12.2. The van der Waals surface area contributed by atoms with Crippen LogP contribution in [0.2, 0.25) is 0 Å². The highest BCUT2D eigenvalue weighted by molar-refractivity contribution is 5.17. The second-order valence-corrected chi connectivity index (χ2v) is 8.81. The fraction of sp³-hybridized carbons (Fsp3) is 0.267. The third kappa shape index (κ3) is 6.76. The zero-order valence-electron chi connectivity index (χ0n) is 20.1. The summed E-state index contributed by atoms with van der Waals surface area (Å²) in [6.07, 6.45) is 3.81. The second-order valence-electron chi connectivity index (χ2n) is 8.81. The molecule has 0 N–H and O–H groups in total. The number of hydrogen-bond acceptors (Lipinski definition) is 6. The molecule has 1 aliphatic heterocycles. The molecule has 0 spiro atoms. The second kappa shape index (κ2) is 12.4. The van der Waals surface area contributed by atoms with Gasteiger partial charge in [-0.1, -0.05) is 91.0 Å². The Morgan fingerprint density at radius 1 is 0.694 bits per heavy atom. The van der Waals surface area contributed by atoms with Crippen LogP contribution in [0.25, 0.3) is 0 Å². The lowest BCUT2D eigenvalue weighted by atomic mass is 10.1. The predicted molar refractivity (Wildman–Crippen MR) is 136 cm³/mol. The van der Waals surface area contributed by atoms with Crippen LogP contribution < -0.4 is 4.74 Å². The fourth-order valence-corrected chi connectivity index (χ4v) is 4.19. The summed E-state index contributed by atoms with van der Waals surface area (Å²) in [5.74, 6) is 0. The quantitative estimate of drug-likeness (QED) is 0.274. The minimum Gasteiger partial charge on any atom is -0.459 e. The van der Waals surface area contributed by atoms with Crippen LogP contribution in [0.15, 0.2) is 103 Å². The smallest absolute Gasteiger partial charge is 0.316 e. The summed E-state index contributed by atoms with van der Waals surface area (Å²) in [5.41, 5.74) is 4.24. The van der Waals surface area contributed by atoms with E-state index in [0.29, 0.717) is 38.9 Å². The van der Waals surface area contributed by atoms with Crippen molar-refractivity contribution in [2.75, 3.05) is 6.61 Å². The molecular formula is C30H30N2O4. The maximum Gasteiger partial charge on any atom is 0.316 e. The van der Waals surface area contributed by atoms with Crippen LogP contribution in [0.3, 0.4) is 0 Å². The largest absolute Gasteiger partial charge is 0.459 e. The van der Waals surface area contributed by atoms with E-state index in [-0.39, 0.29) is 18.3 Å². The van der Waals surface area contributed by atoms with Crippen LogP contribution in [0, 0.1) is 0 Å². The minimum absolute atomic E-state index is 0.0972. The minimum atomic E-state index is -0.184. The molecule has 4 aromatic rings. The van der Waals surface area contributed by atoms with E-state index in [4.69, 9.17) is 18.9 Å². The summed E-state index contributed by atoms with van der Waals surface area (Å²) in [7, 11) is 0. The molecule has 0 amide bonds. The first kappa shape index (κ1) is 24.1. The van der Waals surface area contributed by atoms with Gasteiger partial charge in [0.05, 0.1) is 32.0 Å². The van der Waals surface area contributed by atoms with Crippen LogP contribution >= 0.6 is 0 Å². The Kier molecular flexibility index (Phi) is 8.31. The van der Waals surface area contributed by atoms with Gasteiger partial charge in [0.25, 0.3) is 0 Å². The van der Waals surface area contributed by atoms with Gasteiger partial charge in [-0.3, -0.25) is 0 Å². The summed E-state index contributed by atoms with van der Waals surface area (Å²) in [5, 5.41) is 0. The lowest BCUT2D eigenvalue weighted by Gasteiger charge is -2.19. The Hall–Kier alpha value is -3.58. The molecule has 0 saturated carbocycles. The first-order valence-electron chi connectivity index (χ1n) is 12.2. The number of hydrogen-bond donors (Lipinski definition) is 0. The molecule has 2 heterocycles. The number of rotatable bonds is 11. The van der Waals surface area contributed by atoms with Crippen LogP contribution in [0.5, 0.6) is 6.01 Å². The molecule has 0 radical (unpaired) electrons. The van der Waals surface area contributed by atoms with E-state index in [0.717, 1.165) is 22.3 Å². The van der Waals surface area contributed by atoms with Gasteiger partial charge in [-0.25, -0.2) is 9.97 Å². The van der Waals surface area contributed by atoms with E-state index in [2.05, 4.69) is 34.2 Å². The molecule has 1 fully saturated rings. The Morgan fingerprint density at radius 2 is 1.25 bits per heavy atom. The Bertz CT molecular complexity index is 1170. The molecule has 0 aliphatic carbocycles. The van der Waals surface area contributed by atoms with E-state index >= 15 is 0 Å². The lowest BCUT2D eigenvalue weighted by Crippen LogP contribution is -2.29. The van der Waals surface area contributed by atoms with Crippen molar-refractivity contribution >= 4 is 0 Å². The molecule has 6 heteroatoms. The maximum absolute atomic E-state index is 6.38. The van der Waals surface area contributed by atoms with Crippen LogP contribution in [-0.2, 0) is 34.0 Å². The average molecular weight is 483 g/mol. The van der Waals surface area contributed by atoms with E-state index in [1.807, 2.05) is 66.7 Å². The highest BCUT2D eigenvalue weighted by Crippen LogP contribution is 2.35. The van der Waals surface area contributed by atoms with Crippen LogP contribution in [0.1, 0.15) is 34.8 Å². The molecule has 3 atom stereocenters. The zero-order valence-corrected chi connectivity index (χ0v) is 20.1. The van der Waals surface area contributed by atoms with Gasteiger partial charge in [0.15, 0.2) is 0 Å². The summed E-state index contributed by atoms with van der Waals surface area (Å²) >= 11 is 0. The van der Waals surface area contributed by atoms with E-state index < -0.39 is 0 Å². The third-order valence-corrected chi connectivity index (χ3v) is 6.13. The van der Waals surface area contributed by atoms with Gasteiger partial charge in [-0.2, -0.15) is 0 Å². The summed E-state index contributed by atoms with van der Waals surface area (Å²) in [6, 6.07) is 30.6. The van der Waals surface area contributed by atoms with Gasteiger partial charge in [0.1, 0.15) is 12.7 Å². The Balaban J connectivity index is 1.20. The van der Waals surface area contributed by atoms with Crippen molar-refractivity contribution in [1.82, 2.24) is 9.97 Å². The van der Waals surface area contributed by atoms with Gasteiger partial charge in [0.2, 0.25) is 0 Å². The molecule has 184 valence electrons. The SMILES string of the molecule is c1ccc(COC[C@H]2O[C@@H](c3cnc(OCc4ccccc4)nc3)C[C@H]2OCc2ccccc2)cc1. The summed E-state index contributed by atoms with van der Waals surface area (Å²) in [4.78, 5) is 8.80. The number of nitrogens with zero attached hydrogens (tertiary/aromatic N) is 2. The first-order chi connectivity index (χ1) is 17.8. The van der Waals surface area contributed by atoms with Crippen molar-refractivity contribution in [3.05, 3.63) is 126 Å². The molecule has 1 aromatic heterocycles. The van der Waals surface area contributed by atoms with Crippen molar-refractivity contribution in [2.45, 2.75) is 44.6 Å². The molecule has 36 heavy (non-hydrogen) atoms. The topological polar surface area (TPSA) is 62.7 Å². The predicted octanol–water partition coefficient (Wildman–Crippen LogP) is 5.69. The highest BCUT2D eigenvalue weighted by atomic mass is 16.6. The fourth-order valence-electron chi connectivity index (χ4n) is 4.19. The maximum atomic E-state index is 6.38. The van der Waals surface area contributed by atoms with Crippen LogP contribution in [0.4, 0.5) is 0 Å². The van der Waals surface area contributed by atoms with Gasteiger partial charge in [-0.05, 0) is 16.7 Å². The van der Waals surface area contributed by atoms with Gasteiger partial charge >= 0.3 is 6.01 Å². The molecule has 0 bridgehead atoms.